The van der Waals surface area contributed by atoms with E-state index in [1.807, 2.05) is 18.2 Å². The third-order valence-electron chi connectivity index (χ3n) is 4.26. The maximum atomic E-state index is 9.86. The molecule has 1 aromatic carbocycles. The lowest BCUT2D eigenvalue weighted by atomic mass is 9.96. The molecule has 2 aliphatic heterocycles. The van der Waals surface area contributed by atoms with Crippen molar-refractivity contribution in [1.82, 2.24) is 9.88 Å². The minimum atomic E-state index is -0.113. The highest BCUT2D eigenvalue weighted by Crippen LogP contribution is 2.49. The smallest absolute Gasteiger partial charge is 0.160 e. The van der Waals surface area contributed by atoms with Crippen molar-refractivity contribution in [2.45, 2.75) is 24.3 Å². The van der Waals surface area contributed by atoms with Gasteiger partial charge < -0.3 is 10.0 Å². The number of aliphatic imine (C=N–C) groups is 1. The van der Waals surface area contributed by atoms with Crippen molar-refractivity contribution in [3.05, 3.63) is 57.8 Å². The molecule has 3 atom stereocenters. The molecular formula is C17H15Cl2N3OS. The van der Waals surface area contributed by atoms with E-state index in [-0.39, 0.29) is 27.9 Å². The number of fused-ring (bicyclic) bond motifs is 1. The Labute approximate surface area is 154 Å². The van der Waals surface area contributed by atoms with Crippen molar-refractivity contribution in [1.29, 1.82) is 0 Å². The zero-order valence-corrected chi connectivity index (χ0v) is 15.2. The Bertz CT molecular complexity index is 792. The number of rotatable bonds is 2. The number of aromatic hydroxyl groups is 1. The summed E-state index contributed by atoms with van der Waals surface area (Å²) in [5, 5.41) is 11.9. The van der Waals surface area contributed by atoms with Crippen LogP contribution in [0.2, 0.25) is 10.0 Å². The van der Waals surface area contributed by atoms with E-state index in [0.717, 1.165) is 23.0 Å². The van der Waals surface area contributed by atoms with Gasteiger partial charge in [0, 0.05) is 18.0 Å². The quantitative estimate of drug-likeness (QED) is 0.822. The average molecular weight is 380 g/mol. The van der Waals surface area contributed by atoms with Gasteiger partial charge in [-0.1, -0.05) is 48.0 Å². The zero-order valence-electron chi connectivity index (χ0n) is 12.9. The molecule has 0 radical (unpaired) electrons. The number of benzene rings is 1. The first-order valence-electron chi connectivity index (χ1n) is 7.64. The third-order valence-corrected chi connectivity index (χ3v) is 5.94. The molecule has 0 aliphatic carbocycles. The zero-order chi connectivity index (χ0) is 16.8. The molecule has 2 aromatic rings. The third kappa shape index (κ3) is 2.65. The molecule has 1 fully saturated rings. The predicted octanol–water partition coefficient (Wildman–Crippen LogP) is 4.68. The van der Waals surface area contributed by atoms with Crippen molar-refractivity contribution in [2.75, 3.05) is 6.54 Å². The number of amidine groups is 1. The molecule has 3 heterocycles. The van der Waals surface area contributed by atoms with E-state index in [0.29, 0.717) is 5.25 Å². The number of hydrogen-bond acceptors (Lipinski definition) is 5. The first-order valence-corrected chi connectivity index (χ1v) is 9.28. The summed E-state index contributed by atoms with van der Waals surface area (Å²) in [6.07, 6.45) is 1.78. The summed E-state index contributed by atoms with van der Waals surface area (Å²) in [6, 6.07) is 9.26. The minimum Gasteiger partial charge on any atom is -0.505 e. The first kappa shape index (κ1) is 16.1. The highest BCUT2D eigenvalue weighted by atomic mass is 35.5. The molecule has 1 saturated heterocycles. The van der Waals surface area contributed by atoms with Gasteiger partial charge in [-0.3, -0.25) is 9.98 Å². The van der Waals surface area contributed by atoms with Crippen LogP contribution in [0, 0.1) is 0 Å². The van der Waals surface area contributed by atoms with E-state index in [1.165, 1.54) is 0 Å². The maximum absolute atomic E-state index is 9.86. The summed E-state index contributed by atoms with van der Waals surface area (Å²) in [6.45, 7) is 3.10. The van der Waals surface area contributed by atoms with E-state index in [4.69, 9.17) is 28.2 Å². The molecule has 0 bridgehead atoms. The topological polar surface area (TPSA) is 48.7 Å². The molecule has 0 unspecified atom stereocenters. The van der Waals surface area contributed by atoms with E-state index in [2.05, 4.69) is 16.8 Å². The van der Waals surface area contributed by atoms with Gasteiger partial charge in [0.1, 0.15) is 6.04 Å². The molecule has 4 nitrogen and oxygen atoms in total. The fraction of sp³-hybridized carbons (Fsp3) is 0.294. The Hall–Kier alpha value is -1.43. The van der Waals surface area contributed by atoms with Crippen LogP contribution in [-0.4, -0.2) is 32.0 Å². The Kier molecular flexibility index (Phi) is 4.11. The lowest BCUT2D eigenvalue weighted by molar-refractivity contribution is 0.321. The van der Waals surface area contributed by atoms with Gasteiger partial charge >= 0.3 is 0 Å². The Balaban J connectivity index is 1.81. The van der Waals surface area contributed by atoms with Crippen LogP contribution in [0.1, 0.15) is 30.3 Å². The Morgan fingerprint density at radius 1 is 1.25 bits per heavy atom. The van der Waals surface area contributed by atoms with Gasteiger partial charge in [0.05, 0.1) is 21.8 Å². The molecule has 4 rings (SSSR count). The second kappa shape index (κ2) is 6.14. The second-order valence-corrected chi connectivity index (χ2v) is 8.19. The standard InChI is InChI=1S/C17H15Cl2N3OS/c1-9-8-22-15(10-6-11(18)16(23)12(19)7-10)14(21-17(22)24-9)13-4-2-3-5-20-13/h2-7,9,14-15,23H,8H2,1H3/t9-,14-,15+/m1/s1. The average Bonchev–Trinajstić information content (AvgIpc) is 3.08. The summed E-state index contributed by atoms with van der Waals surface area (Å²) in [5.74, 6) is -0.0835. The van der Waals surface area contributed by atoms with Crippen molar-refractivity contribution in [3.63, 3.8) is 0 Å². The van der Waals surface area contributed by atoms with Crippen molar-refractivity contribution < 1.29 is 5.11 Å². The van der Waals surface area contributed by atoms with E-state index in [9.17, 15) is 5.11 Å². The molecule has 0 amide bonds. The molecule has 7 heteroatoms. The summed E-state index contributed by atoms with van der Waals surface area (Å²) in [4.78, 5) is 11.7. The van der Waals surface area contributed by atoms with Crippen molar-refractivity contribution >= 4 is 40.1 Å². The number of pyridine rings is 1. The van der Waals surface area contributed by atoms with Crippen LogP contribution in [0.15, 0.2) is 41.5 Å². The van der Waals surface area contributed by atoms with Crippen molar-refractivity contribution in [2.24, 2.45) is 4.99 Å². The highest BCUT2D eigenvalue weighted by molar-refractivity contribution is 8.14. The van der Waals surface area contributed by atoms with Crippen LogP contribution in [0.3, 0.4) is 0 Å². The Morgan fingerprint density at radius 3 is 2.67 bits per heavy atom. The number of aromatic nitrogens is 1. The molecule has 0 saturated carbocycles. The summed E-state index contributed by atoms with van der Waals surface area (Å²) < 4.78 is 0. The van der Waals surface area contributed by atoms with Gasteiger partial charge in [-0.05, 0) is 29.8 Å². The summed E-state index contributed by atoms with van der Waals surface area (Å²) in [5.41, 5.74) is 1.85. The van der Waals surface area contributed by atoms with Crippen LogP contribution < -0.4 is 0 Å². The lowest BCUT2D eigenvalue weighted by Gasteiger charge is -2.27. The first-order chi connectivity index (χ1) is 11.5. The minimum absolute atomic E-state index is 0.0250. The molecule has 2 aliphatic rings. The molecule has 1 N–H and O–H groups in total. The molecular weight excluding hydrogens is 365 g/mol. The molecule has 1 aromatic heterocycles. The van der Waals surface area contributed by atoms with Crippen molar-refractivity contribution in [3.8, 4) is 5.75 Å². The van der Waals surface area contributed by atoms with Crippen LogP contribution >= 0.6 is 35.0 Å². The lowest BCUT2D eigenvalue weighted by Crippen LogP contribution is -2.28. The monoisotopic (exact) mass is 379 g/mol. The van der Waals surface area contributed by atoms with Gasteiger partial charge in [0.2, 0.25) is 0 Å². The van der Waals surface area contributed by atoms with Gasteiger partial charge in [0.25, 0.3) is 0 Å². The predicted molar refractivity (Wildman–Crippen MR) is 99.0 cm³/mol. The summed E-state index contributed by atoms with van der Waals surface area (Å²) in [7, 11) is 0. The number of phenols is 1. The number of phenolic OH excluding ortho intramolecular Hbond substituents is 1. The largest absolute Gasteiger partial charge is 0.505 e. The number of nitrogens with zero attached hydrogens (tertiary/aromatic N) is 3. The van der Waals surface area contributed by atoms with E-state index < -0.39 is 0 Å². The summed E-state index contributed by atoms with van der Waals surface area (Å²) >= 11 is 14.1. The number of halogens is 2. The normalized spacial score (nSPS) is 25.7. The van der Waals surface area contributed by atoms with Gasteiger partial charge in [-0.2, -0.15) is 0 Å². The molecule has 0 spiro atoms. The van der Waals surface area contributed by atoms with Crippen LogP contribution in [0.5, 0.6) is 5.75 Å². The van der Waals surface area contributed by atoms with E-state index in [1.54, 1.807) is 30.1 Å². The van der Waals surface area contributed by atoms with Crippen LogP contribution in [0.4, 0.5) is 0 Å². The van der Waals surface area contributed by atoms with Gasteiger partial charge in [0.15, 0.2) is 10.9 Å². The number of thioether (sulfide) groups is 1. The number of hydrogen-bond donors (Lipinski definition) is 1. The highest BCUT2D eigenvalue weighted by Gasteiger charge is 2.43. The van der Waals surface area contributed by atoms with Crippen LogP contribution in [0.25, 0.3) is 0 Å². The van der Waals surface area contributed by atoms with Crippen LogP contribution in [-0.2, 0) is 0 Å². The van der Waals surface area contributed by atoms with Gasteiger partial charge in [-0.15, -0.1) is 0 Å². The fourth-order valence-electron chi connectivity index (χ4n) is 3.23. The molecule has 24 heavy (non-hydrogen) atoms. The fourth-order valence-corrected chi connectivity index (χ4v) is 4.83. The van der Waals surface area contributed by atoms with E-state index >= 15 is 0 Å². The molecule has 124 valence electrons. The maximum Gasteiger partial charge on any atom is 0.160 e. The SMILES string of the molecule is C[C@@H]1CN2C(=N[C@H](c3ccccn3)[C@@H]2c2cc(Cl)c(O)c(Cl)c2)S1. The van der Waals surface area contributed by atoms with Gasteiger partial charge in [-0.25, -0.2) is 0 Å². The Morgan fingerprint density at radius 2 is 2.00 bits per heavy atom. The second-order valence-electron chi connectivity index (χ2n) is 5.97.